The van der Waals surface area contributed by atoms with Crippen LogP contribution in [-0.4, -0.2) is 91.2 Å². The number of nitrogens with one attached hydrogen (secondary N) is 1. The molecule has 1 atom stereocenters. The Morgan fingerprint density at radius 3 is 2.62 bits per heavy atom. The summed E-state index contributed by atoms with van der Waals surface area (Å²) in [6, 6.07) is 15.2. The van der Waals surface area contributed by atoms with E-state index in [1.54, 1.807) is 28.0 Å². The molecule has 3 aliphatic rings. The minimum absolute atomic E-state index is 0.138. The van der Waals surface area contributed by atoms with Crippen LogP contribution in [0.2, 0.25) is 0 Å². The number of likely N-dealkylation sites (tertiary alicyclic amines) is 1. The number of hydrogen-bond acceptors (Lipinski definition) is 8. The van der Waals surface area contributed by atoms with Gasteiger partial charge < -0.3 is 24.8 Å². The van der Waals surface area contributed by atoms with Gasteiger partial charge in [0.15, 0.2) is 0 Å². The number of rotatable bonds is 7. The lowest BCUT2D eigenvalue weighted by molar-refractivity contribution is -0.125. The lowest BCUT2D eigenvalue weighted by Crippen LogP contribution is -2.53. The van der Waals surface area contributed by atoms with E-state index in [9.17, 15) is 9.59 Å². The Labute approximate surface area is 246 Å². The third-order valence-corrected chi connectivity index (χ3v) is 8.20. The van der Waals surface area contributed by atoms with Gasteiger partial charge in [0.05, 0.1) is 25.4 Å². The summed E-state index contributed by atoms with van der Waals surface area (Å²) in [5.74, 6) is 1.58. The molecular weight excluding hydrogens is 532 g/mol. The number of aromatic nitrogens is 2. The van der Waals surface area contributed by atoms with Crippen molar-refractivity contribution in [3.8, 4) is 5.75 Å². The number of para-hydroxylation sites is 1. The molecule has 0 bridgehead atoms. The maximum absolute atomic E-state index is 14.0. The Bertz CT molecular complexity index is 1470. The number of carbonyl (C=O) groups is 2. The van der Waals surface area contributed by atoms with Crippen molar-refractivity contribution in [3.63, 3.8) is 0 Å². The van der Waals surface area contributed by atoms with Crippen LogP contribution >= 0.6 is 0 Å². The highest BCUT2D eigenvalue weighted by atomic mass is 16.5. The van der Waals surface area contributed by atoms with Crippen LogP contribution in [0.4, 0.5) is 33.6 Å². The second-order valence-corrected chi connectivity index (χ2v) is 10.8. The molecule has 4 heterocycles. The maximum Gasteiger partial charge on any atom is 0.330 e. The smallest absolute Gasteiger partial charge is 0.330 e. The Balaban J connectivity index is 1.29. The van der Waals surface area contributed by atoms with Crippen molar-refractivity contribution < 1.29 is 14.3 Å². The Kier molecular flexibility index (Phi) is 7.66. The van der Waals surface area contributed by atoms with Gasteiger partial charge in [0.25, 0.3) is 0 Å². The minimum Gasteiger partial charge on any atom is -0.495 e. The average Bonchev–Trinajstić information content (AvgIpc) is 3.51. The number of likely N-dealkylation sites (N-methyl/N-ethyl adjacent to an activating group) is 1. The van der Waals surface area contributed by atoms with Gasteiger partial charge >= 0.3 is 6.03 Å². The summed E-state index contributed by atoms with van der Waals surface area (Å²) >= 11 is 0. The number of amides is 3. The molecule has 42 heavy (non-hydrogen) atoms. The predicted molar refractivity (Wildman–Crippen MR) is 164 cm³/mol. The molecule has 1 aromatic heterocycles. The molecule has 3 aromatic rings. The van der Waals surface area contributed by atoms with Crippen LogP contribution in [0.5, 0.6) is 5.75 Å². The van der Waals surface area contributed by atoms with Gasteiger partial charge in [-0.2, -0.15) is 4.98 Å². The quantitative estimate of drug-likeness (QED) is 0.431. The summed E-state index contributed by atoms with van der Waals surface area (Å²) in [7, 11) is 3.82. The van der Waals surface area contributed by atoms with Gasteiger partial charge in [-0.1, -0.05) is 24.8 Å². The number of urea groups is 1. The first kappa shape index (κ1) is 27.5. The molecule has 2 aromatic carbocycles. The van der Waals surface area contributed by atoms with Gasteiger partial charge in [-0.3, -0.25) is 14.6 Å². The fourth-order valence-corrected chi connectivity index (χ4v) is 5.85. The highest BCUT2D eigenvalue weighted by Gasteiger charge is 2.40. The Hall–Kier alpha value is -4.64. The molecule has 11 nitrogen and oxygen atoms in total. The van der Waals surface area contributed by atoms with E-state index in [4.69, 9.17) is 9.72 Å². The molecule has 218 valence electrons. The van der Waals surface area contributed by atoms with Crippen LogP contribution < -0.4 is 24.8 Å². The molecular formula is C31H36N8O3. The van der Waals surface area contributed by atoms with Crippen molar-refractivity contribution in [1.82, 2.24) is 19.8 Å². The van der Waals surface area contributed by atoms with E-state index in [1.807, 2.05) is 42.5 Å². The average molecular weight is 569 g/mol. The minimum atomic E-state index is -0.225. The second-order valence-electron chi connectivity index (χ2n) is 10.8. The van der Waals surface area contributed by atoms with Crippen LogP contribution in [-0.2, 0) is 11.3 Å². The van der Waals surface area contributed by atoms with Gasteiger partial charge in [-0.15, -0.1) is 0 Å². The molecule has 3 amide bonds. The van der Waals surface area contributed by atoms with Crippen LogP contribution in [0.25, 0.3) is 0 Å². The topological polar surface area (TPSA) is 97.4 Å². The number of carbonyl (C=O) groups excluding carboxylic acids is 2. The molecule has 0 aliphatic carbocycles. The lowest BCUT2D eigenvalue weighted by atomic mass is 10.1. The van der Waals surface area contributed by atoms with Crippen molar-refractivity contribution >= 4 is 40.8 Å². The zero-order valence-electron chi connectivity index (χ0n) is 24.1. The van der Waals surface area contributed by atoms with E-state index in [0.717, 1.165) is 54.6 Å². The van der Waals surface area contributed by atoms with Crippen LogP contribution in [0.15, 0.2) is 67.4 Å². The third kappa shape index (κ3) is 5.35. The Morgan fingerprint density at radius 1 is 1.10 bits per heavy atom. The molecule has 1 N–H and O–H groups in total. The van der Waals surface area contributed by atoms with Crippen molar-refractivity contribution in [1.29, 1.82) is 0 Å². The van der Waals surface area contributed by atoms with Crippen molar-refractivity contribution in [3.05, 3.63) is 72.9 Å². The number of ether oxygens (including phenoxy) is 1. The third-order valence-electron chi connectivity index (χ3n) is 8.20. The first-order valence-electron chi connectivity index (χ1n) is 14.3. The van der Waals surface area contributed by atoms with Gasteiger partial charge in [0.1, 0.15) is 11.6 Å². The summed E-state index contributed by atoms with van der Waals surface area (Å²) in [5, 5.41) is 3.31. The maximum atomic E-state index is 14.0. The molecule has 2 saturated heterocycles. The summed E-state index contributed by atoms with van der Waals surface area (Å²) < 4.78 is 5.75. The first-order chi connectivity index (χ1) is 20.4. The van der Waals surface area contributed by atoms with E-state index >= 15 is 0 Å². The zero-order valence-corrected chi connectivity index (χ0v) is 24.1. The zero-order chi connectivity index (χ0) is 29.2. The van der Waals surface area contributed by atoms with Crippen molar-refractivity contribution in [2.75, 3.05) is 73.4 Å². The highest BCUT2D eigenvalue weighted by Crippen LogP contribution is 2.36. The number of nitrogens with zero attached hydrogens (tertiary/aromatic N) is 7. The van der Waals surface area contributed by atoms with Crippen LogP contribution in [0.1, 0.15) is 12.0 Å². The first-order valence-corrected chi connectivity index (χ1v) is 14.3. The Morgan fingerprint density at radius 2 is 1.88 bits per heavy atom. The second kappa shape index (κ2) is 11.7. The molecule has 0 saturated carbocycles. The molecule has 3 aliphatic heterocycles. The number of hydrogen-bond donors (Lipinski definition) is 1. The van der Waals surface area contributed by atoms with Crippen molar-refractivity contribution in [2.24, 2.45) is 0 Å². The van der Waals surface area contributed by atoms with Crippen molar-refractivity contribution in [2.45, 2.75) is 19.0 Å². The summed E-state index contributed by atoms with van der Waals surface area (Å²) in [6.45, 7) is 8.82. The van der Waals surface area contributed by atoms with Gasteiger partial charge in [-0.05, 0) is 43.8 Å². The van der Waals surface area contributed by atoms with Crippen LogP contribution in [0, 0.1) is 0 Å². The normalized spacial score (nSPS) is 19.1. The highest BCUT2D eigenvalue weighted by molar-refractivity contribution is 6.06. The van der Waals surface area contributed by atoms with E-state index in [1.165, 1.54) is 6.08 Å². The van der Waals surface area contributed by atoms with Gasteiger partial charge in [0.2, 0.25) is 11.9 Å². The van der Waals surface area contributed by atoms with Gasteiger partial charge in [0, 0.05) is 68.5 Å². The summed E-state index contributed by atoms with van der Waals surface area (Å²) in [6.07, 6.45) is 3.74. The van der Waals surface area contributed by atoms with E-state index < -0.39 is 0 Å². The van der Waals surface area contributed by atoms with E-state index in [0.29, 0.717) is 37.8 Å². The van der Waals surface area contributed by atoms with Crippen LogP contribution in [0.3, 0.4) is 0 Å². The monoisotopic (exact) mass is 568 g/mol. The van der Waals surface area contributed by atoms with E-state index in [-0.39, 0.29) is 18.0 Å². The fraction of sp³-hybridized carbons (Fsp3) is 0.355. The summed E-state index contributed by atoms with van der Waals surface area (Å²) in [4.78, 5) is 45.7. The fourth-order valence-electron chi connectivity index (χ4n) is 5.85. The molecule has 0 radical (unpaired) electrons. The van der Waals surface area contributed by atoms with Gasteiger partial charge in [-0.25, -0.2) is 9.78 Å². The number of benzene rings is 2. The standard InChI is InChI=1S/C31H36N8O3/c1-4-28(40)37-13-12-25(21-37)39-29-22(20-38(31(39)41)24-8-6-5-7-9-24)19-32-30(34-29)33-23-10-11-26(27(18-23)42-3)36-16-14-35(2)15-17-36/h4-11,18-19,25H,1,12-17,20-21H2,2-3H3,(H,32,33,34)/t25-/m0/s1. The molecule has 2 fully saturated rings. The number of fused-ring (bicyclic) bond motifs is 1. The lowest BCUT2D eigenvalue weighted by Gasteiger charge is -2.39. The largest absolute Gasteiger partial charge is 0.495 e. The number of anilines is 5. The molecule has 0 spiro atoms. The number of piperazine rings is 1. The predicted octanol–water partition coefficient (Wildman–Crippen LogP) is 3.71. The number of methoxy groups -OCH3 is 1. The van der Waals surface area contributed by atoms with E-state index in [2.05, 4.69) is 39.8 Å². The molecule has 0 unspecified atom stereocenters. The molecule has 6 rings (SSSR count). The molecule has 11 heteroatoms. The summed E-state index contributed by atoms with van der Waals surface area (Å²) in [5.41, 5.74) is 3.47. The SMILES string of the molecule is C=CC(=O)N1CC[C@H](N2C(=O)N(c3ccccc3)Cc3cnc(Nc4ccc(N5CCN(C)CC5)c(OC)c4)nc32)C1.